The molecule has 0 saturated carbocycles. The van der Waals surface area contributed by atoms with E-state index in [-0.39, 0.29) is 12.3 Å². The zero-order chi connectivity index (χ0) is 14.7. The van der Waals surface area contributed by atoms with E-state index < -0.39 is 12.0 Å². The largest absolute Gasteiger partial charge is 0.480 e. The van der Waals surface area contributed by atoms with Crippen LogP contribution in [0.15, 0.2) is 24.3 Å². The van der Waals surface area contributed by atoms with Gasteiger partial charge in [-0.2, -0.15) is 0 Å². The maximum atomic E-state index is 11.9. The minimum absolute atomic E-state index is 0.0775. The summed E-state index contributed by atoms with van der Waals surface area (Å²) in [6, 6.07) is 6.43. The van der Waals surface area contributed by atoms with Gasteiger partial charge in [-0.25, -0.2) is 0 Å². The van der Waals surface area contributed by atoms with Crippen molar-refractivity contribution in [3.8, 4) is 0 Å². The molecule has 1 heterocycles. The lowest BCUT2D eigenvalue weighted by molar-refractivity contribution is -0.138. The molecule has 6 heteroatoms. The van der Waals surface area contributed by atoms with Crippen molar-refractivity contribution in [1.29, 1.82) is 0 Å². The fourth-order valence-corrected chi connectivity index (χ4v) is 2.22. The van der Waals surface area contributed by atoms with Crippen LogP contribution in [0.2, 0.25) is 0 Å². The number of nitrogens with two attached hydrogens (primary N) is 1. The molecular formula is C14H19N3O3. The molecule has 1 unspecified atom stereocenters. The number of benzene rings is 1. The minimum atomic E-state index is -1.01. The van der Waals surface area contributed by atoms with Crippen molar-refractivity contribution in [3.05, 3.63) is 29.8 Å². The molecule has 108 valence electrons. The lowest BCUT2D eigenvalue weighted by Crippen LogP contribution is -2.48. The second-order valence-corrected chi connectivity index (χ2v) is 5.10. The standard InChI is InChI=1S/C14H19N3O3/c1-16-6-7-17(13(18)9-16)11-4-2-10(3-5-11)8-12(15)14(19)20/h2-5,12H,6-9,15H2,1H3,(H,19,20). The van der Waals surface area contributed by atoms with Gasteiger partial charge in [0.25, 0.3) is 0 Å². The van der Waals surface area contributed by atoms with Gasteiger partial charge in [-0.05, 0) is 31.2 Å². The number of carboxylic acid groups (broad SMARTS) is 1. The molecular weight excluding hydrogens is 258 g/mol. The Morgan fingerprint density at radius 2 is 2.00 bits per heavy atom. The number of carboxylic acids is 1. The summed E-state index contributed by atoms with van der Waals surface area (Å²) in [5.41, 5.74) is 7.19. The highest BCUT2D eigenvalue weighted by Gasteiger charge is 2.22. The van der Waals surface area contributed by atoms with Gasteiger partial charge in [-0.3, -0.25) is 14.5 Å². The Morgan fingerprint density at radius 1 is 1.35 bits per heavy atom. The molecule has 0 bridgehead atoms. The number of hydrogen-bond acceptors (Lipinski definition) is 4. The third-order valence-electron chi connectivity index (χ3n) is 3.43. The van der Waals surface area contributed by atoms with Gasteiger partial charge in [-0.1, -0.05) is 12.1 Å². The molecule has 0 radical (unpaired) electrons. The third-order valence-corrected chi connectivity index (χ3v) is 3.43. The molecule has 3 N–H and O–H groups in total. The van der Waals surface area contributed by atoms with Gasteiger partial charge in [0, 0.05) is 18.8 Å². The predicted octanol–water partition coefficient (Wildman–Crippen LogP) is -0.0806. The van der Waals surface area contributed by atoms with Crippen LogP contribution in [0.4, 0.5) is 5.69 Å². The van der Waals surface area contributed by atoms with E-state index in [0.717, 1.165) is 17.8 Å². The summed E-state index contributed by atoms with van der Waals surface area (Å²) >= 11 is 0. The normalized spacial score (nSPS) is 18.1. The molecule has 0 aliphatic carbocycles. The molecule has 6 nitrogen and oxygen atoms in total. The van der Waals surface area contributed by atoms with Gasteiger partial charge in [0.1, 0.15) is 6.04 Å². The molecule has 1 saturated heterocycles. The van der Waals surface area contributed by atoms with Crippen molar-refractivity contribution in [2.45, 2.75) is 12.5 Å². The van der Waals surface area contributed by atoms with E-state index >= 15 is 0 Å². The number of anilines is 1. The maximum absolute atomic E-state index is 11.9. The highest BCUT2D eigenvalue weighted by atomic mass is 16.4. The maximum Gasteiger partial charge on any atom is 0.320 e. The molecule has 1 fully saturated rings. The Hall–Kier alpha value is -1.92. The number of hydrogen-bond donors (Lipinski definition) is 2. The Bertz CT molecular complexity index is 501. The van der Waals surface area contributed by atoms with Gasteiger partial charge in [-0.15, -0.1) is 0 Å². The molecule has 0 aromatic heterocycles. The van der Waals surface area contributed by atoms with Crippen molar-refractivity contribution in [2.24, 2.45) is 5.73 Å². The summed E-state index contributed by atoms with van der Waals surface area (Å²) in [5.74, 6) is -0.933. The van der Waals surface area contributed by atoms with Crippen LogP contribution in [0.5, 0.6) is 0 Å². The van der Waals surface area contributed by atoms with E-state index in [1.54, 1.807) is 4.90 Å². The van der Waals surface area contributed by atoms with Gasteiger partial charge in [0.05, 0.1) is 6.54 Å². The van der Waals surface area contributed by atoms with Gasteiger partial charge in [0.15, 0.2) is 0 Å². The molecule has 1 aliphatic heterocycles. The van der Waals surface area contributed by atoms with Crippen molar-refractivity contribution in [1.82, 2.24) is 4.90 Å². The first-order valence-corrected chi connectivity index (χ1v) is 6.53. The van der Waals surface area contributed by atoms with Gasteiger partial charge < -0.3 is 15.7 Å². The number of piperazine rings is 1. The van der Waals surface area contributed by atoms with Crippen LogP contribution in [0.1, 0.15) is 5.56 Å². The summed E-state index contributed by atoms with van der Waals surface area (Å²) in [5, 5.41) is 8.78. The van der Waals surface area contributed by atoms with Gasteiger partial charge in [0.2, 0.25) is 5.91 Å². The monoisotopic (exact) mass is 277 g/mol. The topological polar surface area (TPSA) is 86.9 Å². The summed E-state index contributed by atoms with van der Waals surface area (Å²) in [4.78, 5) is 26.4. The van der Waals surface area contributed by atoms with Crippen molar-refractivity contribution in [3.63, 3.8) is 0 Å². The SMILES string of the molecule is CN1CCN(c2ccc(CC(N)C(=O)O)cc2)C(=O)C1. The molecule has 20 heavy (non-hydrogen) atoms. The number of carbonyl (C=O) groups excluding carboxylic acids is 1. The second-order valence-electron chi connectivity index (χ2n) is 5.10. The number of rotatable bonds is 4. The zero-order valence-electron chi connectivity index (χ0n) is 11.5. The molecule has 1 aromatic rings. The highest BCUT2D eigenvalue weighted by Crippen LogP contribution is 2.18. The summed E-state index contributed by atoms with van der Waals surface area (Å²) in [7, 11) is 1.92. The fraction of sp³-hybridized carbons (Fsp3) is 0.429. The van der Waals surface area contributed by atoms with Crippen LogP contribution in [0.25, 0.3) is 0 Å². The molecule has 0 spiro atoms. The average molecular weight is 277 g/mol. The number of nitrogens with zero attached hydrogens (tertiary/aromatic N) is 2. The molecule has 1 aliphatic rings. The van der Waals surface area contributed by atoms with Crippen LogP contribution in [-0.4, -0.2) is 54.6 Å². The number of amides is 1. The van der Waals surface area contributed by atoms with Crippen LogP contribution in [0, 0.1) is 0 Å². The van der Waals surface area contributed by atoms with E-state index in [2.05, 4.69) is 0 Å². The highest BCUT2D eigenvalue weighted by molar-refractivity contribution is 5.95. The van der Waals surface area contributed by atoms with Crippen molar-refractivity contribution < 1.29 is 14.7 Å². The first-order valence-electron chi connectivity index (χ1n) is 6.53. The lowest BCUT2D eigenvalue weighted by Gasteiger charge is -2.32. The first-order chi connectivity index (χ1) is 9.47. The van der Waals surface area contributed by atoms with E-state index in [4.69, 9.17) is 10.8 Å². The first kappa shape index (κ1) is 14.5. The van der Waals surface area contributed by atoms with Crippen molar-refractivity contribution >= 4 is 17.6 Å². The van der Waals surface area contributed by atoms with E-state index in [9.17, 15) is 9.59 Å². The Balaban J connectivity index is 2.04. The molecule has 1 atom stereocenters. The number of aliphatic carboxylic acids is 1. The lowest BCUT2D eigenvalue weighted by atomic mass is 10.1. The quantitative estimate of drug-likeness (QED) is 0.804. The van der Waals surface area contributed by atoms with Crippen LogP contribution in [0.3, 0.4) is 0 Å². The second kappa shape index (κ2) is 6.02. The smallest absolute Gasteiger partial charge is 0.320 e. The average Bonchev–Trinajstić information content (AvgIpc) is 2.40. The van der Waals surface area contributed by atoms with E-state index in [0.29, 0.717) is 13.1 Å². The third kappa shape index (κ3) is 3.34. The van der Waals surface area contributed by atoms with Crippen LogP contribution >= 0.6 is 0 Å². The van der Waals surface area contributed by atoms with Crippen molar-refractivity contribution in [2.75, 3.05) is 31.6 Å². The zero-order valence-corrected chi connectivity index (χ0v) is 11.5. The summed E-state index contributed by atoms with van der Waals surface area (Å²) in [6.45, 7) is 1.94. The molecule has 1 amide bonds. The van der Waals surface area contributed by atoms with E-state index in [1.807, 2.05) is 36.2 Å². The summed E-state index contributed by atoms with van der Waals surface area (Å²) in [6.07, 6.45) is 0.284. The van der Waals surface area contributed by atoms with Crippen LogP contribution < -0.4 is 10.6 Å². The summed E-state index contributed by atoms with van der Waals surface area (Å²) < 4.78 is 0. The Kier molecular flexibility index (Phi) is 4.36. The van der Waals surface area contributed by atoms with E-state index in [1.165, 1.54) is 0 Å². The van der Waals surface area contributed by atoms with Crippen LogP contribution in [-0.2, 0) is 16.0 Å². The van der Waals surface area contributed by atoms with Gasteiger partial charge >= 0.3 is 5.97 Å². The number of likely N-dealkylation sites (N-methyl/N-ethyl adjacent to an activating group) is 1. The Labute approximate surface area is 117 Å². The Morgan fingerprint density at radius 3 is 2.55 bits per heavy atom. The number of carbonyl (C=O) groups is 2. The predicted molar refractivity (Wildman–Crippen MR) is 75.6 cm³/mol. The fourth-order valence-electron chi connectivity index (χ4n) is 2.22. The minimum Gasteiger partial charge on any atom is -0.480 e. The molecule has 1 aromatic carbocycles. The molecule has 2 rings (SSSR count).